The summed E-state index contributed by atoms with van der Waals surface area (Å²) < 4.78 is 39.7. The van der Waals surface area contributed by atoms with Crippen LogP contribution in [0.4, 0.5) is 10.1 Å². The van der Waals surface area contributed by atoms with E-state index in [1.807, 2.05) is 6.07 Å². The van der Waals surface area contributed by atoms with Gasteiger partial charge < -0.3 is 5.73 Å². The fourth-order valence-electron chi connectivity index (χ4n) is 1.71. The van der Waals surface area contributed by atoms with E-state index in [9.17, 15) is 12.8 Å². The summed E-state index contributed by atoms with van der Waals surface area (Å²) >= 11 is 0. The van der Waals surface area contributed by atoms with Crippen LogP contribution < -0.4 is 5.73 Å². The predicted octanol–water partition coefficient (Wildman–Crippen LogP) is 1.64. The molecule has 19 heavy (non-hydrogen) atoms. The SMILES string of the molecule is CCN(CCC#N)S(=O)(=O)c1cc(N)cc(C)c1F. The van der Waals surface area contributed by atoms with Gasteiger partial charge in [0.2, 0.25) is 10.0 Å². The number of aryl methyl sites for hydroxylation is 1. The molecule has 0 radical (unpaired) electrons. The molecule has 0 saturated heterocycles. The van der Waals surface area contributed by atoms with E-state index in [1.54, 1.807) is 6.92 Å². The van der Waals surface area contributed by atoms with E-state index in [0.29, 0.717) is 0 Å². The van der Waals surface area contributed by atoms with Gasteiger partial charge in [0, 0.05) is 25.2 Å². The zero-order chi connectivity index (χ0) is 14.6. The summed E-state index contributed by atoms with van der Waals surface area (Å²) in [7, 11) is -3.97. The predicted molar refractivity (Wildman–Crippen MR) is 70.2 cm³/mol. The minimum Gasteiger partial charge on any atom is -0.399 e. The second-order valence-corrected chi connectivity index (χ2v) is 5.96. The fraction of sp³-hybridized carbons (Fsp3) is 0.417. The summed E-state index contributed by atoms with van der Waals surface area (Å²) in [6, 6.07) is 4.35. The minimum absolute atomic E-state index is 0.0304. The lowest BCUT2D eigenvalue weighted by atomic mass is 10.2. The second-order valence-electron chi connectivity index (χ2n) is 4.05. The largest absolute Gasteiger partial charge is 0.399 e. The van der Waals surface area contributed by atoms with Crippen molar-refractivity contribution < 1.29 is 12.8 Å². The highest BCUT2D eigenvalue weighted by atomic mass is 32.2. The molecule has 0 amide bonds. The van der Waals surface area contributed by atoms with Gasteiger partial charge >= 0.3 is 0 Å². The van der Waals surface area contributed by atoms with Crippen LogP contribution in [0.3, 0.4) is 0 Å². The maximum absolute atomic E-state index is 14.0. The third kappa shape index (κ3) is 3.22. The van der Waals surface area contributed by atoms with Crippen molar-refractivity contribution >= 4 is 15.7 Å². The van der Waals surface area contributed by atoms with Crippen LogP contribution >= 0.6 is 0 Å². The Kier molecular flexibility index (Phi) is 4.86. The van der Waals surface area contributed by atoms with E-state index in [0.717, 1.165) is 10.4 Å². The monoisotopic (exact) mass is 285 g/mol. The number of nitriles is 1. The standard InChI is InChI=1S/C12H16FN3O2S/c1-3-16(6-4-5-14)19(17,18)11-8-10(15)7-9(2)12(11)13/h7-8H,3-4,6,15H2,1-2H3. The number of sulfonamides is 1. The normalized spacial score (nSPS) is 11.5. The number of hydrogen-bond acceptors (Lipinski definition) is 4. The Hall–Kier alpha value is -1.65. The van der Waals surface area contributed by atoms with E-state index in [4.69, 9.17) is 11.0 Å². The molecule has 0 fully saturated rings. The third-order valence-electron chi connectivity index (χ3n) is 2.69. The van der Waals surface area contributed by atoms with Crippen LogP contribution in [0.2, 0.25) is 0 Å². The first-order valence-corrected chi connectivity index (χ1v) is 7.21. The molecule has 104 valence electrons. The van der Waals surface area contributed by atoms with Crippen LogP contribution in [0.1, 0.15) is 18.9 Å². The number of benzene rings is 1. The van der Waals surface area contributed by atoms with Crippen LogP contribution in [-0.4, -0.2) is 25.8 Å². The van der Waals surface area contributed by atoms with Crippen LogP contribution in [0.25, 0.3) is 0 Å². The summed E-state index contributed by atoms with van der Waals surface area (Å²) in [4.78, 5) is -0.440. The number of nitrogens with two attached hydrogens (primary N) is 1. The highest BCUT2D eigenvalue weighted by Gasteiger charge is 2.27. The number of rotatable bonds is 5. The highest BCUT2D eigenvalue weighted by Crippen LogP contribution is 2.24. The first-order chi connectivity index (χ1) is 8.84. The van der Waals surface area contributed by atoms with Crippen LogP contribution in [0.15, 0.2) is 17.0 Å². The van der Waals surface area contributed by atoms with Gasteiger partial charge in [0.05, 0.1) is 6.07 Å². The molecule has 0 aliphatic rings. The molecule has 0 unspecified atom stereocenters. The Morgan fingerprint density at radius 1 is 1.47 bits per heavy atom. The molecule has 5 nitrogen and oxygen atoms in total. The Morgan fingerprint density at radius 3 is 2.63 bits per heavy atom. The molecule has 2 N–H and O–H groups in total. The zero-order valence-corrected chi connectivity index (χ0v) is 11.7. The summed E-state index contributed by atoms with van der Waals surface area (Å²) in [6.07, 6.45) is 0.0516. The lowest BCUT2D eigenvalue weighted by Gasteiger charge is -2.20. The number of hydrogen-bond donors (Lipinski definition) is 1. The highest BCUT2D eigenvalue weighted by molar-refractivity contribution is 7.89. The molecule has 0 spiro atoms. The summed E-state index contributed by atoms with van der Waals surface area (Å²) in [5.41, 5.74) is 5.93. The van der Waals surface area contributed by atoms with Gasteiger partial charge in [-0.05, 0) is 24.6 Å². The zero-order valence-electron chi connectivity index (χ0n) is 10.9. The molecule has 1 aromatic rings. The van der Waals surface area contributed by atoms with Crippen molar-refractivity contribution in [3.05, 3.63) is 23.5 Å². The molecule has 0 atom stereocenters. The van der Waals surface area contributed by atoms with E-state index >= 15 is 0 Å². The van der Waals surface area contributed by atoms with Crippen molar-refractivity contribution in [2.24, 2.45) is 0 Å². The molecule has 1 aromatic carbocycles. The van der Waals surface area contributed by atoms with E-state index in [1.165, 1.54) is 13.0 Å². The minimum atomic E-state index is -3.97. The van der Waals surface area contributed by atoms with Gasteiger partial charge in [0.25, 0.3) is 0 Å². The summed E-state index contributed by atoms with van der Waals surface area (Å²) in [5, 5.41) is 8.52. The molecule has 0 aliphatic carbocycles. The maximum Gasteiger partial charge on any atom is 0.246 e. The third-order valence-corrected chi connectivity index (χ3v) is 4.66. The van der Waals surface area contributed by atoms with Crippen molar-refractivity contribution in [3.63, 3.8) is 0 Å². The second kappa shape index (κ2) is 5.99. The number of anilines is 1. The van der Waals surface area contributed by atoms with Crippen LogP contribution in [0.5, 0.6) is 0 Å². The quantitative estimate of drug-likeness (QED) is 0.833. The van der Waals surface area contributed by atoms with Crippen molar-refractivity contribution in [1.82, 2.24) is 4.31 Å². The molecule has 0 heterocycles. The van der Waals surface area contributed by atoms with Gasteiger partial charge in [-0.3, -0.25) is 0 Å². The summed E-state index contributed by atoms with van der Waals surface area (Å²) in [5.74, 6) is -0.801. The molecular formula is C12H16FN3O2S. The smallest absolute Gasteiger partial charge is 0.246 e. The molecule has 7 heteroatoms. The number of nitrogen functional groups attached to an aromatic ring is 1. The lowest BCUT2D eigenvalue weighted by Crippen LogP contribution is -2.32. The van der Waals surface area contributed by atoms with Gasteiger partial charge in [-0.15, -0.1) is 0 Å². The first-order valence-electron chi connectivity index (χ1n) is 5.77. The van der Waals surface area contributed by atoms with E-state index in [-0.39, 0.29) is 30.8 Å². The average molecular weight is 285 g/mol. The molecule has 0 aliphatic heterocycles. The molecule has 0 bridgehead atoms. The molecular weight excluding hydrogens is 269 g/mol. The van der Waals surface area contributed by atoms with Gasteiger partial charge in [-0.1, -0.05) is 6.92 Å². The fourth-order valence-corrected chi connectivity index (χ4v) is 3.34. The van der Waals surface area contributed by atoms with Crippen molar-refractivity contribution in [2.45, 2.75) is 25.2 Å². The van der Waals surface area contributed by atoms with Crippen molar-refractivity contribution in [3.8, 4) is 6.07 Å². The van der Waals surface area contributed by atoms with E-state index < -0.39 is 20.7 Å². The maximum atomic E-state index is 14.0. The number of nitrogens with zero attached hydrogens (tertiary/aromatic N) is 2. The average Bonchev–Trinajstić information content (AvgIpc) is 2.34. The van der Waals surface area contributed by atoms with E-state index in [2.05, 4.69) is 0 Å². The van der Waals surface area contributed by atoms with Crippen LogP contribution in [0, 0.1) is 24.1 Å². The van der Waals surface area contributed by atoms with Crippen molar-refractivity contribution in [1.29, 1.82) is 5.26 Å². The van der Waals surface area contributed by atoms with Crippen molar-refractivity contribution in [2.75, 3.05) is 18.8 Å². The first kappa shape index (κ1) is 15.4. The Bertz CT molecular complexity index is 608. The summed E-state index contributed by atoms with van der Waals surface area (Å²) in [6.45, 7) is 3.28. The Labute approximate surface area is 112 Å². The topological polar surface area (TPSA) is 87.2 Å². The van der Waals surface area contributed by atoms with Gasteiger partial charge in [-0.25, -0.2) is 12.8 Å². The van der Waals surface area contributed by atoms with Gasteiger partial charge in [0.1, 0.15) is 10.7 Å². The molecule has 0 saturated carbocycles. The van der Waals surface area contributed by atoms with Crippen LogP contribution in [-0.2, 0) is 10.0 Å². The number of halogens is 1. The Morgan fingerprint density at radius 2 is 2.11 bits per heavy atom. The molecule has 0 aromatic heterocycles. The molecule has 1 rings (SSSR count). The van der Waals surface area contributed by atoms with Gasteiger partial charge in [-0.2, -0.15) is 9.57 Å². The lowest BCUT2D eigenvalue weighted by molar-refractivity contribution is 0.430. The van der Waals surface area contributed by atoms with Gasteiger partial charge in [0.15, 0.2) is 0 Å². The Balaban J connectivity index is 3.30.